The maximum Gasteiger partial charge on any atom is 0.338 e. The Kier molecular flexibility index (Phi) is 5.36. The Bertz CT molecular complexity index is 341. The maximum absolute atomic E-state index is 10.6. The van der Waals surface area contributed by atoms with Gasteiger partial charge in [0.25, 0.3) is 0 Å². The van der Waals surface area contributed by atoms with Crippen LogP contribution >= 0.6 is 58.2 Å². The molecule has 0 fully saturated rings. The molecule has 2 nitrogen and oxygen atoms in total. The SMILES string of the molecule is Cl.O=C(O)c1c(I)ccc(Cl)c1Cl. The van der Waals surface area contributed by atoms with Crippen molar-refractivity contribution in [3.8, 4) is 0 Å². The van der Waals surface area contributed by atoms with Crippen molar-refractivity contribution >= 4 is 64.2 Å². The summed E-state index contributed by atoms with van der Waals surface area (Å²) in [4.78, 5) is 10.6. The first-order valence-corrected chi connectivity index (χ1v) is 4.74. The monoisotopic (exact) mass is 352 g/mol. The fourth-order valence-electron chi connectivity index (χ4n) is 0.723. The number of carbonyl (C=O) groups is 1. The summed E-state index contributed by atoms with van der Waals surface area (Å²) in [5.74, 6) is -1.06. The largest absolute Gasteiger partial charge is 0.478 e. The molecular weight excluding hydrogens is 349 g/mol. The zero-order chi connectivity index (χ0) is 9.30. The minimum absolute atomic E-state index is 0. The molecule has 1 aromatic rings. The Balaban J connectivity index is 0.00000144. The number of carboxylic acid groups (broad SMARTS) is 1. The quantitative estimate of drug-likeness (QED) is 0.617. The van der Waals surface area contributed by atoms with Crippen LogP contribution in [0.4, 0.5) is 0 Å². The average Bonchev–Trinajstić information content (AvgIpc) is 1.97. The van der Waals surface area contributed by atoms with E-state index in [1.165, 1.54) is 0 Å². The van der Waals surface area contributed by atoms with Gasteiger partial charge in [0.05, 0.1) is 15.6 Å². The lowest BCUT2D eigenvalue weighted by Gasteiger charge is -2.02. The van der Waals surface area contributed by atoms with Crippen molar-refractivity contribution in [2.75, 3.05) is 0 Å². The summed E-state index contributed by atoms with van der Waals surface area (Å²) in [7, 11) is 0. The van der Waals surface area contributed by atoms with Crippen LogP contribution in [-0.2, 0) is 0 Å². The van der Waals surface area contributed by atoms with Crippen molar-refractivity contribution in [1.29, 1.82) is 0 Å². The lowest BCUT2D eigenvalue weighted by atomic mass is 10.2. The third kappa shape index (κ3) is 2.87. The topological polar surface area (TPSA) is 37.3 Å². The molecule has 0 aromatic heterocycles. The second kappa shape index (κ2) is 5.24. The minimum atomic E-state index is -1.06. The molecule has 6 heteroatoms. The van der Waals surface area contributed by atoms with Gasteiger partial charge in [-0.3, -0.25) is 0 Å². The summed E-state index contributed by atoms with van der Waals surface area (Å²) < 4.78 is 0.578. The summed E-state index contributed by atoms with van der Waals surface area (Å²) in [6.45, 7) is 0. The average molecular weight is 353 g/mol. The van der Waals surface area contributed by atoms with Crippen molar-refractivity contribution in [2.45, 2.75) is 0 Å². The summed E-state index contributed by atoms with van der Waals surface area (Å²) in [5.41, 5.74) is 0.0600. The first-order chi connectivity index (χ1) is 5.54. The van der Waals surface area contributed by atoms with Gasteiger partial charge in [-0.2, -0.15) is 0 Å². The minimum Gasteiger partial charge on any atom is -0.478 e. The van der Waals surface area contributed by atoms with E-state index < -0.39 is 5.97 Å². The molecule has 0 radical (unpaired) electrons. The van der Waals surface area contributed by atoms with Crippen molar-refractivity contribution in [2.24, 2.45) is 0 Å². The standard InChI is InChI=1S/C7H3Cl2IO2.ClH/c8-3-1-2-4(10)5(6(3)9)7(11)12;/h1-2H,(H,11,12);1H. The highest BCUT2D eigenvalue weighted by Gasteiger charge is 2.15. The molecule has 13 heavy (non-hydrogen) atoms. The van der Waals surface area contributed by atoms with E-state index in [2.05, 4.69) is 0 Å². The number of aromatic carboxylic acids is 1. The Labute approximate surface area is 105 Å². The van der Waals surface area contributed by atoms with Crippen LogP contribution in [0.5, 0.6) is 0 Å². The lowest BCUT2D eigenvalue weighted by molar-refractivity contribution is 0.0696. The molecule has 0 aliphatic heterocycles. The van der Waals surface area contributed by atoms with Crippen LogP contribution in [0.3, 0.4) is 0 Å². The predicted molar refractivity (Wildman–Crippen MR) is 63.4 cm³/mol. The van der Waals surface area contributed by atoms with Crippen molar-refractivity contribution in [3.05, 3.63) is 31.3 Å². The first kappa shape index (κ1) is 13.3. The normalized spacial score (nSPS) is 9.15. The molecule has 0 bridgehead atoms. The molecule has 1 aromatic carbocycles. The Morgan fingerprint density at radius 1 is 1.38 bits per heavy atom. The van der Waals surface area contributed by atoms with E-state index in [4.69, 9.17) is 28.3 Å². The smallest absolute Gasteiger partial charge is 0.338 e. The van der Waals surface area contributed by atoms with Crippen molar-refractivity contribution in [1.82, 2.24) is 0 Å². The molecule has 0 unspecified atom stereocenters. The van der Waals surface area contributed by atoms with Crippen LogP contribution in [0.15, 0.2) is 12.1 Å². The van der Waals surface area contributed by atoms with Crippen LogP contribution in [0.1, 0.15) is 10.4 Å². The number of hydrogen-bond acceptors (Lipinski definition) is 1. The second-order valence-electron chi connectivity index (χ2n) is 2.02. The van der Waals surface area contributed by atoms with E-state index in [0.717, 1.165) is 0 Å². The highest BCUT2D eigenvalue weighted by molar-refractivity contribution is 14.1. The molecule has 72 valence electrons. The van der Waals surface area contributed by atoms with Crippen molar-refractivity contribution < 1.29 is 9.90 Å². The first-order valence-electron chi connectivity index (χ1n) is 2.91. The van der Waals surface area contributed by atoms with E-state index in [9.17, 15) is 4.79 Å². The van der Waals surface area contributed by atoms with E-state index in [1.54, 1.807) is 12.1 Å². The van der Waals surface area contributed by atoms with Gasteiger partial charge < -0.3 is 5.11 Å². The van der Waals surface area contributed by atoms with Gasteiger partial charge in [0.15, 0.2) is 0 Å². The highest BCUT2D eigenvalue weighted by atomic mass is 127. The molecule has 0 spiro atoms. The van der Waals surface area contributed by atoms with Gasteiger partial charge >= 0.3 is 5.97 Å². The number of rotatable bonds is 1. The van der Waals surface area contributed by atoms with Crippen LogP contribution < -0.4 is 0 Å². The second-order valence-corrected chi connectivity index (χ2v) is 3.97. The zero-order valence-electron chi connectivity index (χ0n) is 6.05. The third-order valence-electron chi connectivity index (χ3n) is 1.26. The third-order valence-corrected chi connectivity index (χ3v) is 2.96. The van der Waals surface area contributed by atoms with Gasteiger partial charge in [0.2, 0.25) is 0 Å². The Hall–Kier alpha value is 0.290. The van der Waals surface area contributed by atoms with E-state index in [1.807, 2.05) is 22.6 Å². The molecule has 0 aliphatic carbocycles. The van der Waals surface area contributed by atoms with Crippen LogP contribution in [-0.4, -0.2) is 11.1 Å². The fourth-order valence-corrected chi connectivity index (χ4v) is 1.97. The zero-order valence-corrected chi connectivity index (χ0v) is 10.5. The molecule has 1 N–H and O–H groups in total. The Morgan fingerprint density at radius 2 is 1.92 bits per heavy atom. The van der Waals surface area contributed by atoms with Crippen LogP contribution in [0.2, 0.25) is 10.0 Å². The molecule has 0 atom stereocenters. The number of carboxylic acids is 1. The summed E-state index contributed by atoms with van der Waals surface area (Å²) >= 11 is 13.2. The van der Waals surface area contributed by atoms with Gasteiger partial charge in [-0.1, -0.05) is 23.2 Å². The number of hydrogen-bond donors (Lipinski definition) is 1. The van der Waals surface area contributed by atoms with E-state index in [0.29, 0.717) is 3.57 Å². The summed E-state index contributed by atoms with van der Waals surface area (Å²) in [6, 6.07) is 3.18. The maximum atomic E-state index is 10.6. The molecule has 0 saturated heterocycles. The van der Waals surface area contributed by atoms with E-state index >= 15 is 0 Å². The van der Waals surface area contributed by atoms with Gasteiger partial charge in [-0.15, -0.1) is 12.4 Å². The number of benzene rings is 1. The molecule has 0 heterocycles. The van der Waals surface area contributed by atoms with Crippen LogP contribution in [0.25, 0.3) is 0 Å². The molecule has 1 rings (SSSR count). The molecule has 0 saturated carbocycles. The van der Waals surface area contributed by atoms with Gasteiger partial charge in [-0.05, 0) is 34.7 Å². The summed E-state index contributed by atoms with van der Waals surface area (Å²) in [5, 5.41) is 9.08. The van der Waals surface area contributed by atoms with Gasteiger partial charge in [-0.25, -0.2) is 4.79 Å². The van der Waals surface area contributed by atoms with E-state index in [-0.39, 0.29) is 28.0 Å². The fraction of sp³-hybridized carbons (Fsp3) is 0. The summed E-state index contributed by atoms with van der Waals surface area (Å²) in [6.07, 6.45) is 0. The molecule has 0 aliphatic rings. The van der Waals surface area contributed by atoms with Gasteiger partial charge in [0, 0.05) is 3.57 Å². The van der Waals surface area contributed by atoms with Crippen molar-refractivity contribution in [3.63, 3.8) is 0 Å². The lowest BCUT2D eigenvalue weighted by Crippen LogP contribution is -2.00. The Morgan fingerprint density at radius 3 is 2.31 bits per heavy atom. The highest BCUT2D eigenvalue weighted by Crippen LogP contribution is 2.29. The van der Waals surface area contributed by atoms with Crippen LogP contribution in [0, 0.1) is 3.57 Å². The van der Waals surface area contributed by atoms with Gasteiger partial charge in [0.1, 0.15) is 0 Å². The molecular formula is C7H4Cl3IO2. The molecule has 0 amide bonds. The number of halogens is 4. The predicted octanol–water partition coefficient (Wildman–Crippen LogP) is 3.72.